The summed E-state index contributed by atoms with van der Waals surface area (Å²) in [4.78, 5) is 23.6. The first-order valence-electron chi connectivity index (χ1n) is 9.64. The van der Waals surface area contributed by atoms with Crippen molar-refractivity contribution in [2.75, 3.05) is 10.6 Å². The zero-order valence-electron chi connectivity index (χ0n) is 16.3. The average Bonchev–Trinajstić information content (AvgIpc) is 2.66. The number of carbonyl (C=O) groups is 2. The zero-order chi connectivity index (χ0) is 19.9. The van der Waals surface area contributed by atoms with E-state index in [2.05, 4.69) is 16.0 Å². The minimum absolute atomic E-state index is 0.00719. The van der Waals surface area contributed by atoms with Crippen molar-refractivity contribution in [3.8, 4) is 0 Å². The Labute approximate surface area is 165 Å². The second kappa shape index (κ2) is 9.26. The van der Waals surface area contributed by atoms with Gasteiger partial charge in [-0.2, -0.15) is 0 Å². The van der Waals surface area contributed by atoms with Crippen molar-refractivity contribution in [2.45, 2.75) is 45.4 Å². The summed E-state index contributed by atoms with van der Waals surface area (Å²) in [5.41, 5.74) is 2.76. The van der Waals surface area contributed by atoms with Crippen LogP contribution in [-0.4, -0.2) is 24.1 Å². The lowest BCUT2D eigenvalue weighted by atomic mass is 9.86. The number of hydrogen-bond acceptors (Lipinski definition) is 4. The van der Waals surface area contributed by atoms with Crippen molar-refractivity contribution < 1.29 is 14.3 Å². The van der Waals surface area contributed by atoms with E-state index in [0.717, 1.165) is 29.8 Å². The summed E-state index contributed by atoms with van der Waals surface area (Å²) in [6, 6.07) is 17.7. The molecule has 28 heavy (non-hydrogen) atoms. The fourth-order valence-corrected chi connectivity index (χ4v) is 2.96. The highest BCUT2D eigenvalue weighted by Crippen LogP contribution is 2.25. The highest BCUT2D eigenvalue weighted by atomic mass is 16.5. The monoisotopic (exact) mass is 381 g/mol. The maximum Gasteiger partial charge on any atom is 0.407 e. The maximum atomic E-state index is 11.9. The van der Waals surface area contributed by atoms with E-state index in [-0.39, 0.29) is 30.6 Å². The van der Waals surface area contributed by atoms with E-state index in [9.17, 15) is 9.59 Å². The summed E-state index contributed by atoms with van der Waals surface area (Å²) in [6.07, 6.45) is 1.33. The van der Waals surface area contributed by atoms with Gasteiger partial charge in [0.05, 0.1) is 0 Å². The van der Waals surface area contributed by atoms with Crippen LogP contribution < -0.4 is 16.0 Å². The molecule has 0 bridgehead atoms. The Morgan fingerprint density at radius 2 is 1.61 bits per heavy atom. The third-order valence-electron chi connectivity index (χ3n) is 4.72. The summed E-state index contributed by atoms with van der Waals surface area (Å²) < 4.78 is 5.24. The molecule has 6 nitrogen and oxygen atoms in total. The normalized spacial score (nSPS) is 18.1. The van der Waals surface area contributed by atoms with Gasteiger partial charge < -0.3 is 20.7 Å². The standard InChI is InChI=1S/C22H27N3O3/c1-15(2)21(26)24-18-10-8-17(9-11-18)23-19-12-20(13-19)25-22(27)28-14-16-6-4-3-5-7-16/h3-11,15,19-20,23H,12-14H2,1-2H3,(H,24,26)(H,25,27). The van der Waals surface area contributed by atoms with Crippen LogP contribution in [0.1, 0.15) is 32.3 Å². The molecular weight excluding hydrogens is 354 g/mol. The van der Waals surface area contributed by atoms with Crippen LogP contribution in [0.3, 0.4) is 0 Å². The van der Waals surface area contributed by atoms with Gasteiger partial charge in [-0.1, -0.05) is 44.2 Å². The Balaban J connectivity index is 1.35. The molecule has 1 fully saturated rings. The zero-order valence-corrected chi connectivity index (χ0v) is 16.3. The second-order valence-electron chi connectivity index (χ2n) is 7.44. The lowest BCUT2D eigenvalue weighted by Gasteiger charge is -2.36. The molecule has 0 aliphatic heterocycles. The SMILES string of the molecule is CC(C)C(=O)Nc1ccc(NC2CC(NC(=O)OCc3ccccc3)C2)cc1. The predicted octanol–water partition coefficient (Wildman–Crippen LogP) is 4.15. The van der Waals surface area contributed by atoms with Crippen molar-refractivity contribution in [3.05, 3.63) is 60.2 Å². The van der Waals surface area contributed by atoms with Crippen LogP contribution in [0.5, 0.6) is 0 Å². The third-order valence-corrected chi connectivity index (χ3v) is 4.72. The average molecular weight is 381 g/mol. The molecule has 0 heterocycles. The smallest absolute Gasteiger partial charge is 0.407 e. The number of benzene rings is 2. The fraction of sp³-hybridized carbons (Fsp3) is 0.364. The van der Waals surface area contributed by atoms with Gasteiger partial charge in [-0.3, -0.25) is 4.79 Å². The first-order valence-corrected chi connectivity index (χ1v) is 9.64. The van der Waals surface area contributed by atoms with E-state index in [1.807, 2.05) is 68.4 Å². The van der Waals surface area contributed by atoms with Gasteiger partial charge in [-0.05, 0) is 42.7 Å². The summed E-state index contributed by atoms with van der Waals surface area (Å²) in [5.74, 6) is -0.0376. The molecule has 148 valence electrons. The van der Waals surface area contributed by atoms with Crippen LogP contribution in [0.4, 0.5) is 16.2 Å². The molecule has 2 amide bonds. The third kappa shape index (κ3) is 5.74. The molecule has 0 saturated heterocycles. The van der Waals surface area contributed by atoms with E-state index in [4.69, 9.17) is 4.74 Å². The molecule has 1 aliphatic rings. The van der Waals surface area contributed by atoms with Gasteiger partial charge in [-0.25, -0.2) is 4.79 Å². The van der Waals surface area contributed by atoms with Crippen LogP contribution in [0.25, 0.3) is 0 Å². The number of nitrogens with one attached hydrogen (secondary N) is 3. The highest BCUT2D eigenvalue weighted by Gasteiger charge is 2.30. The number of ether oxygens (including phenoxy) is 1. The van der Waals surface area contributed by atoms with Crippen LogP contribution >= 0.6 is 0 Å². The second-order valence-corrected chi connectivity index (χ2v) is 7.44. The molecule has 3 rings (SSSR count). The summed E-state index contributed by atoms with van der Waals surface area (Å²) in [5, 5.41) is 9.21. The minimum atomic E-state index is -0.377. The number of hydrogen-bond donors (Lipinski definition) is 3. The topological polar surface area (TPSA) is 79.5 Å². The van der Waals surface area contributed by atoms with Gasteiger partial charge in [0.25, 0.3) is 0 Å². The molecule has 0 radical (unpaired) electrons. The van der Waals surface area contributed by atoms with Crippen molar-refractivity contribution in [1.82, 2.24) is 5.32 Å². The Morgan fingerprint density at radius 1 is 0.964 bits per heavy atom. The van der Waals surface area contributed by atoms with E-state index in [1.165, 1.54) is 0 Å². The maximum absolute atomic E-state index is 11.9. The molecule has 3 N–H and O–H groups in total. The van der Waals surface area contributed by atoms with Crippen LogP contribution in [0, 0.1) is 5.92 Å². The van der Waals surface area contributed by atoms with Gasteiger partial charge in [0, 0.05) is 29.4 Å². The van der Waals surface area contributed by atoms with Crippen LogP contribution in [0.2, 0.25) is 0 Å². The van der Waals surface area contributed by atoms with Crippen molar-refractivity contribution in [3.63, 3.8) is 0 Å². The lowest BCUT2D eigenvalue weighted by molar-refractivity contribution is -0.118. The van der Waals surface area contributed by atoms with E-state index >= 15 is 0 Å². The Morgan fingerprint density at radius 3 is 2.25 bits per heavy atom. The van der Waals surface area contributed by atoms with E-state index in [0.29, 0.717) is 6.04 Å². The molecule has 6 heteroatoms. The van der Waals surface area contributed by atoms with Crippen LogP contribution in [-0.2, 0) is 16.1 Å². The molecule has 0 atom stereocenters. The first-order chi connectivity index (χ1) is 13.5. The van der Waals surface area contributed by atoms with Gasteiger partial charge in [0.2, 0.25) is 5.91 Å². The molecule has 2 aromatic rings. The summed E-state index contributed by atoms with van der Waals surface area (Å²) >= 11 is 0. The molecule has 1 saturated carbocycles. The highest BCUT2D eigenvalue weighted by molar-refractivity contribution is 5.92. The molecule has 0 unspecified atom stereocenters. The van der Waals surface area contributed by atoms with Crippen molar-refractivity contribution in [1.29, 1.82) is 0 Å². The minimum Gasteiger partial charge on any atom is -0.445 e. The summed E-state index contributed by atoms with van der Waals surface area (Å²) in [7, 11) is 0. The van der Waals surface area contributed by atoms with Crippen molar-refractivity contribution >= 4 is 23.4 Å². The summed E-state index contributed by atoms with van der Waals surface area (Å²) in [6.45, 7) is 4.01. The van der Waals surface area contributed by atoms with Gasteiger partial charge in [-0.15, -0.1) is 0 Å². The fourth-order valence-electron chi connectivity index (χ4n) is 2.96. The van der Waals surface area contributed by atoms with E-state index < -0.39 is 0 Å². The van der Waals surface area contributed by atoms with Gasteiger partial charge >= 0.3 is 6.09 Å². The largest absolute Gasteiger partial charge is 0.445 e. The molecule has 1 aliphatic carbocycles. The number of anilines is 2. The van der Waals surface area contributed by atoms with Crippen molar-refractivity contribution in [2.24, 2.45) is 5.92 Å². The number of carbonyl (C=O) groups excluding carboxylic acids is 2. The Hall–Kier alpha value is -3.02. The molecule has 0 spiro atoms. The van der Waals surface area contributed by atoms with Gasteiger partial charge in [0.15, 0.2) is 0 Å². The van der Waals surface area contributed by atoms with E-state index in [1.54, 1.807) is 0 Å². The molecular formula is C22H27N3O3. The van der Waals surface area contributed by atoms with Crippen LogP contribution in [0.15, 0.2) is 54.6 Å². The number of amides is 2. The van der Waals surface area contributed by atoms with Gasteiger partial charge in [0.1, 0.15) is 6.61 Å². The molecule has 0 aromatic heterocycles. The Bertz CT molecular complexity index is 784. The lowest BCUT2D eigenvalue weighted by Crippen LogP contribution is -2.49. The predicted molar refractivity (Wildman–Crippen MR) is 110 cm³/mol. The number of rotatable bonds is 7. The quantitative estimate of drug-likeness (QED) is 0.673. The Kier molecular flexibility index (Phi) is 6.53. The number of alkyl carbamates (subject to hydrolysis) is 1. The first kappa shape index (κ1) is 19.7. The molecule has 2 aromatic carbocycles.